The maximum atomic E-state index is 5.77. The van der Waals surface area contributed by atoms with Crippen LogP contribution in [0.25, 0.3) is 0 Å². The fourth-order valence-corrected chi connectivity index (χ4v) is 3.79. The zero-order chi connectivity index (χ0) is 14.2. The summed E-state index contributed by atoms with van der Waals surface area (Å²) in [7, 11) is 2.27. The van der Waals surface area contributed by atoms with Crippen LogP contribution in [0.5, 0.6) is 0 Å². The van der Waals surface area contributed by atoms with Gasteiger partial charge in [0.25, 0.3) is 0 Å². The highest BCUT2D eigenvalue weighted by atomic mass is 16.5. The normalized spacial score (nSPS) is 26.2. The van der Waals surface area contributed by atoms with Crippen molar-refractivity contribution in [1.29, 1.82) is 0 Å². The molecule has 1 aliphatic carbocycles. The van der Waals surface area contributed by atoms with Gasteiger partial charge >= 0.3 is 0 Å². The smallest absolute Gasteiger partial charge is 0.0702 e. The van der Waals surface area contributed by atoms with Crippen LogP contribution in [0.4, 0.5) is 0 Å². The van der Waals surface area contributed by atoms with Gasteiger partial charge < -0.3 is 15.0 Å². The third-order valence-electron chi connectivity index (χ3n) is 4.92. The van der Waals surface area contributed by atoms with Crippen molar-refractivity contribution >= 4 is 0 Å². The minimum Gasteiger partial charge on any atom is -0.377 e. The summed E-state index contributed by atoms with van der Waals surface area (Å²) in [6.45, 7) is 6.69. The van der Waals surface area contributed by atoms with E-state index in [1.165, 1.54) is 57.9 Å². The van der Waals surface area contributed by atoms with E-state index in [0.717, 1.165) is 25.6 Å². The van der Waals surface area contributed by atoms with Gasteiger partial charge in [-0.05, 0) is 51.6 Å². The lowest BCUT2D eigenvalue weighted by atomic mass is 9.83. The second-order valence-corrected chi connectivity index (χ2v) is 6.81. The summed E-state index contributed by atoms with van der Waals surface area (Å²) in [4.78, 5) is 2.50. The molecule has 118 valence electrons. The Labute approximate surface area is 125 Å². The van der Waals surface area contributed by atoms with Crippen molar-refractivity contribution in [1.82, 2.24) is 10.2 Å². The largest absolute Gasteiger partial charge is 0.377 e. The number of rotatable bonds is 8. The summed E-state index contributed by atoms with van der Waals surface area (Å²) in [6, 6.07) is 0.682. The van der Waals surface area contributed by atoms with Gasteiger partial charge in [0.05, 0.1) is 6.10 Å². The molecule has 3 heteroatoms. The van der Waals surface area contributed by atoms with Crippen LogP contribution >= 0.6 is 0 Å². The molecular formula is C17H34N2O. The van der Waals surface area contributed by atoms with Gasteiger partial charge in [-0.3, -0.25) is 0 Å². The molecule has 0 bridgehead atoms. The van der Waals surface area contributed by atoms with Crippen LogP contribution in [-0.4, -0.2) is 50.3 Å². The van der Waals surface area contributed by atoms with Gasteiger partial charge in [0.1, 0.15) is 0 Å². The summed E-state index contributed by atoms with van der Waals surface area (Å²) < 4.78 is 5.77. The number of hydrogen-bond donors (Lipinski definition) is 1. The van der Waals surface area contributed by atoms with Crippen LogP contribution in [-0.2, 0) is 4.74 Å². The lowest BCUT2D eigenvalue weighted by Gasteiger charge is -2.34. The number of likely N-dealkylation sites (N-methyl/N-ethyl adjacent to an activating group) is 1. The monoisotopic (exact) mass is 282 g/mol. The molecule has 20 heavy (non-hydrogen) atoms. The van der Waals surface area contributed by atoms with Gasteiger partial charge in [-0.15, -0.1) is 0 Å². The predicted octanol–water partition coefficient (Wildman–Crippen LogP) is 3.05. The van der Waals surface area contributed by atoms with E-state index in [1.807, 2.05) is 0 Å². The molecule has 0 aromatic carbocycles. The fourth-order valence-electron chi connectivity index (χ4n) is 3.79. The molecule has 3 nitrogen and oxygen atoms in total. The Hall–Kier alpha value is -0.120. The zero-order valence-corrected chi connectivity index (χ0v) is 13.6. The Balaban J connectivity index is 1.78. The van der Waals surface area contributed by atoms with E-state index in [-0.39, 0.29) is 0 Å². The van der Waals surface area contributed by atoms with Crippen LogP contribution in [0.2, 0.25) is 0 Å². The second-order valence-electron chi connectivity index (χ2n) is 6.81. The standard InChI is InChI=1S/C17H34N2O/c1-3-11-18-17(15-8-5-4-6-9-15)14-19(2)13-16-10-7-12-20-16/h15-18H,3-14H2,1-2H3. The number of ether oxygens (including phenoxy) is 1. The highest BCUT2D eigenvalue weighted by molar-refractivity contribution is 4.82. The molecule has 2 rings (SSSR count). The average Bonchev–Trinajstić information content (AvgIpc) is 2.97. The first kappa shape index (κ1) is 16.3. The van der Waals surface area contributed by atoms with Crippen molar-refractivity contribution in [2.45, 2.75) is 70.4 Å². The Morgan fingerprint density at radius 1 is 1.15 bits per heavy atom. The molecule has 1 N–H and O–H groups in total. The van der Waals surface area contributed by atoms with Crippen LogP contribution in [0.1, 0.15) is 58.3 Å². The number of nitrogens with one attached hydrogen (secondary N) is 1. The van der Waals surface area contributed by atoms with E-state index >= 15 is 0 Å². The lowest BCUT2D eigenvalue weighted by molar-refractivity contribution is 0.0743. The molecule has 1 saturated carbocycles. The van der Waals surface area contributed by atoms with Crippen molar-refractivity contribution in [3.63, 3.8) is 0 Å². The first-order chi connectivity index (χ1) is 9.79. The maximum Gasteiger partial charge on any atom is 0.0702 e. The van der Waals surface area contributed by atoms with E-state index in [1.54, 1.807) is 0 Å². The first-order valence-electron chi connectivity index (χ1n) is 8.83. The van der Waals surface area contributed by atoms with E-state index in [0.29, 0.717) is 12.1 Å². The topological polar surface area (TPSA) is 24.5 Å². The molecular weight excluding hydrogens is 248 g/mol. The third kappa shape index (κ3) is 5.34. The van der Waals surface area contributed by atoms with Crippen LogP contribution in [0.15, 0.2) is 0 Å². The SMILES string of the molecule is CCCNC(CN(C)CC1CCCO1)C1CCCCC1. The van der Waals surface area contributed by atoms with Crippen molar-refractivity contribution in [3.8, 4) is 0 Å². The first-order valence-corrected chi connectivity index (χ1v) is 8.83. The average molecular weight is 282 g/mol. The lowest BCUT2D eigenvalue weighted by Crippen LogP contribution is -2.46. The molecule has 0 aromatic rings. The van der Waals surface area contributed by atoms with E-state index in [4.69, 9.17) is 4.74 Å². The summed E-state index contributed by atoms with van der Waals surface area (Å²) in [5.74, 6) is 0.891. The molecule has 2 aliphatic rings. The summed E-state index contributed by atoms with van der Waals surface area (Å²) >= 11 is 0. The van der Waals surface area contributed by atoms with Gasteiger partial charge in [0.2, 0.25) is 0 Å². The minimum absolute atomic E-state index is 0.484. The maximum absolute atomic E-state index is 5.77. The van der Waals surface area contributed by atoms with Crippen LogP contribution in [0, 0.1) is 5.92 Å². The van der Waals surface area contributed by atoms with Crippen molar-refractivity contribution in [2.24, 2.45) is 5.92 Å². The van der Waals surface area contributed by atoms with E-state index in [9.17, 15) is 0 Å². The highest BCUT2D eigenvalue weighted by Crippen LogP contribution is 2.27. The number of nitrogens with zero attached hydrogens (tertiary/aromatic N) is 1. The molecule has 1 aliphatic heterocycles. The summed E-state index contributed by atoms with van der Waals surface area (Å²) in [5.41, 5.74) is 0. The highest BCUT2D eigenvalue weighted by Gasteiger charge is 2.25. The Morgan fingerprint density at radius 2 is 1.95 bits per heavy atom. The van der Waals surface area contributed by atoms with Gasteiger partial charge in [-0.2, -0.15) is 0 Å². The van der Waals surface area contributed by atoms with Gasteiger partial charge in [-0.25, -0.2) is 0 Å². The fraction of sp³-hybridized carbons (Fsp3) is 1.00. The third-order valence-corrected chi connectivity index (χ3v) is 4.92. The van der Waals surface area contributed by atoms with E-state index in [2.05, 4.69) is 24.2 Å². The zero-order valence-electron chi connectivity index (χ0n) is 13.6. The molecule has 1 heterocycles. The van der Waals surface area contributed by atoms with Gasteiger partial charge in [0, 0.05) is 25.7 Å². The quantitative estimate of drug-likeness (QED) is 0.740. The van der Waals surface area contributed by atoms with Gasteiger partial charge in [0.15, 0.2) is 0 Å². The molecule has 0 spiro atoms. The van der Waals surface area contributed by atoms with Crippen LogP contribution in [0.3, 0.4) is 0 Å². The molecule has 2 unspecified atom stereocenters. The molecule has 0 aromatic heterocycles. The Bertz CT molecular complexity index is 247. The second kappa shape index (κ2) is 9.01. The van der Waals surface area contributed by atoms with E-state index < -0.39 is 0 Å². The summed E-state index contributed by atoms with van der Waals surface area (Å²) in [6.07, 6.45) is 11.4. The summed E-state index contributed by atoms with van der Waals surface area (Å²) in [5, 5.41) is 3.81. The molecule has 0 amide bonds. The van der Waals surface area contributed by atoms with Gasteiger partial charge in [-0.1, -0.05) is 26.2 Å². The Kier molecular flexibility index (Phi) is 7.32. The number of hydrogen-bond acceptors (Lipinski definition) is 3. The molecule has 0 radical (unpaired) electrons. The van der Waals surface area contributed by atoms with Crippen LogP contribution < -0.4 is 5.32 Å². The Morgan fingerprint density at radius 3 is 2.60 bits per heavy atom. The van der Waals surface area contributed by atoms with Crippen molar-refractivity contribution < 1.29 is 4.74 Å². The molecule has 1 saturated heterocycles. The molecule has 2 atom stereocenters. The predicted molar refractivity (Wildman–Crippen MR) is 85.1 cm³/mol. The minimum atomic E-state index is 0.484. The molecule has 2 fully saturated rings. The van der Waals surface area contributed by atoms with Crippen molar-refractivity contribution in [3.05, 3.63) is 0 Å². The van der Waals surface area contributed by atoms with Crippen molar-refractivity contribution in [2.75, 3.05) is 33.3 Å².